The second-order valence-electron chi connectivity index (χ2n) is 1.31. The Morgan fingerprint density at radius 1 is 1.78 bits per heavy atom. The molecular formula is C4H5N3O2. The van der Waals surface area contributed by atoms with Crippen molar-refractivity contribution >= 4 is 12.2 Å². The molecule has 9 heavy (non-hydrogen) atoms. The lowest BCUT2D eigenvalue weighted by atomic mass is 10.7. The van der Waals surface area contributed by atoms with E-state index in [1.54, 1.807) is 6.08 Å². The number of carbonyl (C=O) groups excluding carboxylic acids is 1. The van der Waals surface area contributed by atoms with Crippen molar-refractivity contribution in [3.8, 4) is 0 Å². The molecule has 0 aromatic rings. The minimum atomic E-state index is -0.740. The van der Waals surface area contributed by atoms with Gasteiger partial charge < -0.3 is 10.6 Å². The fourth-order valence-electron chi connectivity index (χ4n) is 0.363. The Kier molecular flexibility index (Phi) is 1.35. The van der Waals surface area contributed by atoms with Crippen molar-refractivity contribution in [3.63, 3.8) is 0 Å². The topological polar surface area (TPSA) is 67.9 Å². The number of hydrazone groups is 1. The first kappa shape index (κ1) is 5.61. The summed E-state index contributed by atoms with van der Waals surface area (Å²) in [6.07, 6.45) is 4.24. The van der Waals surface area contributed by atoms with E-state index < -0.39 is 6.03 Å². The van der Waals surface area contributed by atoms with Crippen LogP contribution in [0.15, 0.2) is 17.4 Å². The van der Waals surface area contributed by atoms with Crippen LogP contribution in [0.1, 0.15) is 0 Å². The molecule has 0 spiro atoms. The monoisotopic (exact) mass is 127 g/mol. The first-order valence-corrected chi connectivity index (χ1v) is 2.26. The van der Waals surface area contributed by atoms with Crippen LogP contribution in [0.4, 0.5) is 4.79 Å². The molecule has 0 radical (unpaired) electrons. The maximum absolute atomic E-state index is 10.2. The van der Waals surface area contributed by atoms with Gasteiger partial charge in [-0.1, -0.05) is 0 Å². The lowest BCUT2D eigenvalue weighted by Gasteiger charge is -2.12. The van der Waals surface area contributed by atoms with Gasteiger partial charge in [0.25, 0.3) is 0 Å². The summed E-state index contributed by atoms with van der Waals surface area (Å²) in [5.41, 5.74) is 4.78. The summed E-state index contributed by atoms with van der Waals surface area (Å²) in [6, 6.07) is -0.740. The maximum atomic E-state index is 10.2. The first-order valence-electron chi connectivity index (χ1n) is 2.26. The van der Waals surface area contributed by atoms with Crippen LogP contribution in [0.5, 0.6) is 0 Å². The smallest absolute Gasteiger partial charge is 0.361 e. The van der Waals surface area contributed by atoms with E-state index in [2.05, 4.69) is 9.94 Å². The molecule has 0 unspecified atom stereocenters. The number of nitrogens with zero attached hydrogens (tertiary/aromatic N) is 2. The van der Waals surface area contributed by atoms with Gasteiger partial charge in [-0.2, -0.15) is 0 Å². The zero-order valence-electron chi connectivity index (χ0n) is 4.52. The van der Waals surface area contributed by atoms with Crippen LogP contribution in [0, 0.1) is 0 Å². The van der Waals surface area contributed by atoms with E-state index >= 15 is 0 Å². The van der Waals surface area contributed by atoms with Crippen molar-refractivity contribution < 1.29 is 9.63 Å². The molecule has 1 rings (SSSR count). The fourth-order valence-corrected chi connectivity index (χ4v) is 0.363. The molecule has 1 aliphatic rings. The number of hydrogen-bond donors (Lipinski definition) is 1. The number of allylic oxidation sites excluding steroid dienone is 1. The normalized spacial score (nSPS) is 15.3. The Balaban J connectivity index is 2.56. The summed E-state index contributed by atoms with van der Waals surface area (Å²) in [5, 5.41) is 4.13. The van der Waals surface area contributed by atoms with E-state index in [-0.39, 0.29) is 0 Å². The molecule has 0 aromatic carbocycles. The largest absolute Gasteiger partial charge is 0.370 e. The highest BCUT2D eigenvalue weighted by Gasteiger charge is 2.07. The molecule has 0 atom stereocenters. The summed E-state index contributed by atoms with van der Waals surface area (Å²) in [6.45, 7) is 0. The Morgan fingerprint density at radius 3 is 2.89 bits per heavy atom. The standard InChI is InChI=1S/C4H5N3O2/c5-4(8)7-6-2-1-3-9-7/h1-3H,(H2,5,8). The molecule has 2 amide bonds. The number of rotatable bonds is 0. The number of carbonyl (C=O) groups is 1. The number of hydrogen-bond acceptors (Lipinski definition) is 3. The molecule has 0 fully saturated rings. The highest BCUT2D eigenvalue weighted by atomic mass is 16.7. The molecule has 5 nitrogen and oxygen atoms in total. The summed E-state index contributed by atoms with van der Waals surface area (Å²) in [7, 11) is 0. The molecule has 0 saturated heterocycles. The molecule has 1 aliphatic heterocycles. The van der Waals surface area contributed by atoms with Gasteiger partial charge in [0.2, 0.25) is 0 Å². The van der Waals surface area contributed by atoms with Gasteiger partial charge in [-0.15, -0.1) is 5.10 Å². The van der Waals surface area contributed by atoms with Gasteiger partial charge >= 0.3 is 6.03 Å². The second-order valence-corrected chi connectivity index (χ2v) is 1.31. The number of primary amides is 1. The van der Waals surface area contributed by atoms with Gasteiger partial charge in [-0.25, -0.2) is 4.79 Å². The Bertz CT molecular complexity index is 175. The van der Waals surface area contributed by atoms with Crippen LogP contribution in [0.3, 0.4) is 0 Å². The molecular weight excluding hydrogens is 122 g/mol. The minimum absolute atomic E-state index is 0.681. The molecule has 2 N–H and O–H groups in total. The van der Waals surface area contributed by atoms with Crippen LogP contribution in [0.2, 0.25) is 0 Å². The third kappa shape index (κ3) is 1.18. The third-order valence-corrected chi connectivity index (χ3v) is 0.685. The highest BCUT2D eigenvalue weighted by Crippen LogP contribution is 1.94. The number of nitrogens with two attached hydrogens (primary N) is 1. The van der Waals surface area contributed by atoms with Gasteiger partial charge in [-0.05, 0) is 11.2 Å². The van der Waals surface area contributed by atoms with Crippen LogP contribution in [0.25, 0.3) is 0 Å². The third-order valence-electron chi connectivity index (χ3n) is 0.685. The summed E-state index contributed by atoms with van der Waals surface area (Å²) < 4.78 is 0. The van der Waals surface area contributed by atoms with Crippen molar-refractivity contribution in [2.45, 2.75) is 0 Å². The Morgan fingerprint density at radius 2 is 2.56 bits per heavy atom. The highest BCUT2D eigenvalue weighted by molar-refractivity contribution is 5.76. The lowest BCUT2D eigenvalue weighted by molar-refractivity contribution is -0.0544. The molecule has 0 aliphatic carbocycles. The van der Waals surface area contributed by atoms with E-state index in [9.17, 15) is 4.79 Å². The molecule has 0 bridgehead atoms. The quantitative estimate of drug-likeness (QED) is 0.490. The molecule has 0 aromatic heterocycles. The van der Waals surface area contributed by atoms with Crippen LogP contribution in [-0.4, -0.2) is 17.4 Å². The van der Waals surface area contributed by atoms with Crippen molar-refractivity contribution in [3.05, 3.63) is 12.3 Å². The molecule has 1 heterocycles. The lowest BCUT2D eigenvalue weighted by Crippen LogP contribution is -2.30. The summed E-state index contributed by atoms with van der Waals surface area (Å²) in [4.78, 5) is 14.7. The van der Waals surface area contributed by atoms with Gasteiger partial charge in [0.15, 0.2) is 0 Å². The summed E-state index contributed by atoms with van der Waals surface area (Å²) in [5.74, 6) is 0. The minimum Gasteiger partial charge on any atom is -0.361 e. The second kappa shape index (κ2) is 2.17. The van der Waals surface area contributed by atoms with Crippen molar-refractivity contribution in [2.24, 2.45) is 10.8 Å². The number of hydroxylamine groups is 1. The van der Waals surface area contributed by atoms with Gasteiger partial charge in [0.05, 0.1) is 6.21 Å². The fraction of sp³-hybridized carbons (Fsp3) is 0. The Hall–Kier alpha value is -1.52. The van der Waals surface area contributed by atoms with Crippen LogP contribution < -0.4 is 5.73 Å². The average Bonchev–Trinajstić information content (AvgIpc) is 1.90. The van der Waals surface area contributed by atoms with E-state index in [1.165, 1.54) is 12.5 Å². The zero-order chi connectivity index (χ0) is 6.69. The molecule has 48 valence electrons. The van der Waals surface area contributed by atoms with E-state index in [0.29, 0.717) is 5.17 Å². The molecule has 5 heteroatoms. The van der Waals surface area contributed by atoms with Crippen molar-refractivity contribution in [1.82, 2.24) is 5.17 Å². The van der Waals surface area contributed by atoms with Crippen molar-refractivity contribution in [2.75, 3.05) is 0 Å². The zero-order valence-corrected chi connectivity index (χ0v) is 4.52. The van der Waals surface area contributed by atoms with E-state index in [0.717, 1.165) is 0 Å². The van der Waals surface area contributed by atoms with Gasteiger partial charge in [0, 0.05) is 0 Å². The summed E-state index contributed by atoms with van der Waals surface area (Å²) >= 11 is 0. The maximum Gasteiger partial charge on any atom is 0.370 e. The van der Waals surface area contributed by atoms with Gasteiger partial charge in [-0.3, -0.25) is 0 Å². The van der Waals surface area contributed by atoms with E-state index in [1.807, 2.05) is 0 Å². The average molecular weight is 127 g/mol. The predicted molar refractivity (Wildman–Crippen MR) is 30.1 cm³/mol. The predicted octanol–water partition coefficient (Wildman–Crippen LogP) is -0.188. The van der Waals surface area contributed by atoms with Crippen LogP contribution >= 0.6 is 0 Å². The van der Waals surface area contributed by atoms with Crippen molar-refractivity contribution in [1.29, 1.82) is 0 Å². The SMILES string of the molecule is NC(=O)N1N=CC=CO1. The first-order chi connectivity index (χ1) is 4.30. The van der Waals surface area contributed by atoms with Crippen LogP contribution in [-0.2, 0) is 4.84 Å². The number of amides is 2. The Labute approximate surface area is 51.3 Å². The number of urea groups is 1. The molecule has 0 saturated carbocycles. The van der Waals surface area contributed by atoms with E-state index in [4.69, 9.17) is 5.73 Å². The van der Waals surface area contributed by atoms with Gasteiger partial charge in [0.1, 0.15) is 6.26 Å².